The lowest BCUT2D eigenvalue weighted by Gasteiger charge is -2.07. The molecule has 0 saturated carbocycles. The second-order valence-electron chi connectivity index (χ2n) is 9.34. The van der Waals surface area contributed by atoms with Crippen LogP contribution < -0.4 is 20.3 Å². The molecule has 1 amide bonds. The lowest BCUT2D eigenvalue weighted by atomic mass is 10.2. The van der Waals surface area contributed by atoms with Gasteiger partial charge in [0.25, 0.3) is 5.91 Å². The first-order valence-corrected chi connectivity index (χ1v) is 13.5. The van der Waals surface area contributed by atoms with Crippen LogP contribution in [-0.4, -0.2) is 18.3 Å². The lowest BCUT2D eigenvalue weighted by Crippen LogP contribution is -2.17. The van der Waals surface area contributed by atoms with Crippen LogP contribution in [0, 0.1) is 0 Å². The molecule has 7 heteroatoms. The standard InChI is InChI=1S/C35H30N4O3/c40-35(39-37-24-30-14-8-16-34(22-30)42-26-28-11-5-2-6-12-28)31-17-19-32(20-18-31)38-36-23-29-13-7-15-33(21-29)41-25-27-9-3-1-4-10-27/h1-24,38H,25-26H2,(H,39,40)/b36-23-,37-24-. The van der Waals surface area contributed by atoms with Crippen molar-refractivity contribution in [1.29, 1.82) is 0 Å². The zero-order valence-electron chi connectivity index (χ0n) is 22.9. The van der Waals surface area contributed by atoms with Gasteiger partial charge in [-0.15, -0.1) is 0 Å². The highest BCUT2D eigenvalue weighted by Crippen LogP contribution is 2.16. The van der Waals surface area contributed by atoms with Gasteiger partial charge in [0.05, 0.1) is 18.1 Å². The molecule has 5 aromatic carbocycles. The quantitative estimate of drug-likeness (QED) is 0.128. The Morgan fingerprint density at radius 2 is 1.12 bits per heavy atom. The smallest absolute Gasteiger partial charge is 0.271 e. The molecule has 0 saturated heterocycles. The van der Waals surface area contributed by atoms with E-state index in [1.54, 1.807) is 36.7 Å². The summed E-state index contributed by atoms with van der Waals surface area (Å²) in [6.45, 7) is 0.980. The van der Waals surface area contributed by atoms with E-state index in [0.29, 0.717) is 18.8 Å². The van der Waals surface area contributed by atoms with Crippen LogP contribution in [0.2, 0.25) is 0 Å². The van der Waals surface area contributed by atoms with Crippen molar-refractivity contribution in [2.75, 3.05) is 5.43 Å². The first kappa shape index (κ1) is 27.9. The van der Waals surface area contributed by atoms with E-state index in [0.717, 1.165) is 39.4 Å². The zero-order chi connectivity index (χ0) is 28.8. The Labute approximate surface area is 245 Å². The highest BCUT2D eigenvalue weighted by molar-refractivity contribution is 5.95. The van der Waals surface area contributed by atoms with Gasteiger partial charge >= 0.3 is 0 Å². The van der Waals surface area contributed by atoms with Crippen molar-refractivity contribution in [2.45, 2.75) is 13.2 Å². The fourth-order valence-electron chi connectivity index (χ4n) is 3.96. The van der Waals surface area contributed by atoms with Crippen LogP contribution in [0.25, 0.3) is 0 Å². The van der Waals surface area contributed by atoms with E-state index in [1.807, 2.05) is 109 Å². The molecule has 0 fully saturated rings. The molecule has 0 bridgehead atoms. The molecule has 208 valence electrons. The predicted molar refractivity (Wildman–Crippen MR) is 167 cm³/mol. The van der Waals surface area contributed by atoms with Crippen molar-refractivity contribution in [3.63, 3.8) is 0 Å². The molecule has 0 atom stereocenters. The van der Waals surface area contributed by atoms with E-state index < -0.39 is 0 Å². The summed E-state index contributed by atoms with van der Waals surface area (Å²) in [6, 6.07) is 42.2. The molecule has 0 aliphatic rings. The number of hydrogen-bond donors (Lipinski definition) is 2. The van der Waals surface area contributed by atoms with Crippen LogP contribution in [0.5, 0.6) is 11.5 Å². The average Bonchev–Trinajstić information content (AvgIpc) is 3.04. The van der Waals surface area contributed by atoms with Crippen molar-refractivity contribution in [3.05, 3.63) is 161 Å². The summed E-state index contributed by atoms with van der Waals surface area (Å²) < 4.78 is 11.7. The van der Waals surface area contributed by atoms with Gasteiger partial charge < -0.3 is 9.47 Å². The van der Waals surface area contributed by atoms with Gasteiger partial charge in [0, 0.05) is 5.56 Å². The summed E-state index contributed by atoms with van der Waals surface area (Å²) in [5.74, 6) is 1.18. The van der Waals surface area contributed by atoms with E-state index in [2.05, 4.69) is 21.1 Å². The van der Waals surface area contributed by atoms with Gasteiger partial charge in [-0.1, -0.05) is 84.9 Å². The third kappa shape index (κ3) is 8.66. The number of amides is 1. The van der Waals surface area contributed by atoms with Crippen LogP contribution in [-0.2, 0) is 13.2 Å². The highest BCUT2D eigenvalue weighted by atomic mass is 16.5. The van der Waals surface area contributed by atoms with Crippen molar-refractivity contribution in [1.82, 2.24) is 5.43 Å². The number of anilines is 1. The molecule has 0 aliphatic heterocycles. The van der Waals surface area contributed by atoms with Crippen LogP contribution in [0.3, 0.4) is 0 Å². The highest BCUT2D eigenvalue weighted by Gasteiger charge is 2.04. The number of carbonyl (C=O) groups is 1. The molecular weight excluding hydrogens is 524 g/mol. The van der Waals surface area contributed by atoms with Gasteiger partial charge in [-0.05, 0) is 70.8 Å². The predicted octanol–water partition coefficient (Wildman–Crippen LogP) is 7.05. The number of nitrogens with zero attached hydrogens (tertiary/aromatic N) is 2. The molecule has 5 rings (SSSR count). The van der Waals surface area contributed by atoms with Crippen LogP contribution in [0.1, 0.15) is 32.6 Å². The first-order valence-electron chi connectivity index (χ1n) is 13.5. The monoisotopic (exact) mass is 554 g/mol. The molecule has 0 unspecified atom stereocenters. The second kappa shape index (κ2) is 14.6. The van der Waals surface area contributed by atoms with Gasteiger partial charge in [-0.3, -0.25) is 10.2 Å². The normalized spacial score (nSPS) is 11.0. The lowest BCUT2D eigenvalue weighted by molar-refractivity contribution is 0.0955. The van der Waals surface area contributed by atoms with Gasteiger partial charge in [-0.2, -0.15) is 10.2 Å². The summed E-state index contributed by atoms with van der Waals surface area (Å²) in [5.41, 5.74) is 10.7. The van der Waals surface area contributed by atoms with Crippen LogP contribution in [0.4, 0.5) is 5.69 Å². The maximum atomic E-state index is 12.5. The summed E-state index contributed by atoms with van der Waals surface area (Å²) in [5, 5.41) is 8.39. The summed E-state index contributed by atoms with van der Waals surface area (Å²) >= 11 is 0. The van der Waals surface area contributed by atoms with Crippen molar-refractivity contribution < 1.29 is 14.3 Å². The maximum Gasteiger partial charge on any atom is 0.271 e. The van der Waals surface area contributed by atoms with Crippen molar-refractivity contribution in [2.24, 2.45) is 10.2 Å². The first-order chi connectivity index (χ1) is 20.7. The van der Waals surface area contributed by atoms with E-state index in [4.69, 9.17) is 9.47 Å². The fraction of sp³-hybridized carbons (Fsp3) is 0.0571. The average molecular weight is 555 g/mol. The Hall–Kier alpha value is -5.69. The molecule has 0 aliphatic carbocycles. The molecule has 0 heterocycles. The number of rotatable bonds is 12. The minimum Gasteiger partial charge on any atom is -0.489 e. The molecule has 0 spiro atoms. The number of nitrogens with one attached hydrogen (secondary N) is 2. The number of benzene rings is 5. The molecule has 7 nitrogen and oxygen atoms in total. The molecule has 5 aromatic rings. The van der Waals surface area contributed by atoms with E-state index in [9.17, 15) is 4.79 Å². The maximum absolute atomic E-state index is 12.5. The van der Waals surface area contributed by atoms with Gasteiger partial charge in [0.15, 0.2) is 0 Å². The zero-order valence-corrected chi connectivity index (χ0v) is 22.9. The summed E-state index contributed by atoms with van der Waals surface area (Å²) in [7, 11) is 0. The summed E-state index contributed by atoms with van der Waals surface area (Å²) in [4.78, 5) is 12.5. The Balaban J connectivity index is 1.08. The number of hydrogen-bond acceptors (Lipinski definition) is 6. The third-order valence-corrected chi connectivity index (χ3v) is 6.15. The Morgan fingerprint density at radius 3 is 1.67 bits per heavy atom. The van der Waals surface area contributed by atoms with Crippen LogP contribution in [0.15, 0.2) is 144 Å². The van der Waals surface area contributed by atoms with Crippen LogP contribution >= 0.6 is 0 Å². The van der Waals surface area contributed by atoms with E-state index >= 15 is 0 Å². The molecule has 2 N–H and O–H groups in total. The second-order valence-corrected chi connectivity index (χ2v) is 9.34. The number of hydrazone groups is 2. The SMILES string of the molecule is O=C(N/N=C\c1cccc(OCc2ccccc2)c1)c1ccc(N/N=C\c2cccc(OCc3ccccc3)c2)cc1. The van der Waals surface area contributed by atoms with Gasteiger partial charge in [0.1, 0.15) is 24.7 Å². The number of ether oxygens (including phenoxy) is 2. The minimum absolute atomic E-state index is 0.315. The molecular formula is C35H30N4O3. The van der Waals surface area contributed by atoms with E-state index in [1.165, 1.54) is 0 Å². The van der Waals surface area contributed by atoms with Gasteiger partial charge in [-0.25, -0.2) is 5.43 Å². The Bertz CT molecular complexity index is 1640. The molecule has 0 radical (unpaired) electrons. The van der Waals surface area contributed by atoms with E-state index in [-0.39, 0.29) is 5.91 Å². The van der Waals surface area contributed by atoms with Gasteiger partial charge in [0.2, 0.25) is 0 Å². The Kier molecular flexibility index (Phi) is 9.70. The largest absolute Gasteiger partial charge is 0.489 e. The molecule has 0 aromatic heterocycles. The third-order valence-electron chi connectivity index (χ3n) is 6.15. The topological polar surface area (TPSA) is 84.3 Å². The fourth-order valence-corrected chi connectivity index (χ4v) is 3.96. The molecule has 42 heavy (non-hydrogen) atoms. The minimum atomic E-state index is -0.315. The Morgan fingerprint density at radius 1 is 0.595 bits per heavy atom. The van der Waals surface area contributed by atoms with Crippen molar-refractivity contribution in [3.8, 4) is 11.5 Å². The number of carbonyl (C=O) groups excluding carboxylic acids is 1. The summed E-state index contributed by atoms with van der Waals surface area (Å²) in [6.07, 6.45) is 3.30. The van der Waals surface area contributed by atoms with Crippen molar-refractivity contribution >= 4 is 24.0 Å².